The maximum absolute atomic E-state index is 11.0. The molecule has 1 heterocycles. The van der Waals surface area contributed by atoms with Gasteiger partial charge in [0.05, 0.1) is 5.75 Å². The Hall–Kier alpha value is -1.63. The third-order valence-corrected chi connectivity index (χ3v) is 2.32. The first-order chi connectivity index (χ1) is 7.08. The molecule has 7 heteroatoms. The summed E-state index contributed by atoms with van der Waals surface area (Å²) in [5.74, 6) is -0.344. The number of carbonyl (C=O) groups is 2. The lowest BCUT2D eigenvalue weighted by molar-refractivity contribution is -0.117. The average molecular weight is 226 g/mol. The van der Waals surface area contributed by atoms with Crippen LogP contribution in [0.1, 0.15) is 5.69 Å². The number of rotatable bonds is 3. The number of urea groups is 1. The van der Waals surface area contributed by atoms with E-state index in [2.05, 4.69) is 9.97 Å². The van der Waals surface area contributed by atoms with Crippen molar-refractivity contribution in [3.8, 4) is 0 Å². The predicted molar refractivity (Wildman–Crippen MR) is 55.2 cm³/mol. The minimum Gasteiger partial charge on any atom is -0.351 e. The van der Waals surface area contributed by atoms with E-state index >= 15 is 0 Å². The number of nitrogens with two attached hydrogens (primary N) is 1. The zero-order valence-electron chi connectivity index (χ0n) is 8.06. The molecular formula is C8H10N4O2S. The number of carbonyl (C=O) groups excluding carboxylic acids is 2. The van der Waals surface area contributed by atoms with E-state index in [-0.39, 0.29) is 5.75 Å². The van der Waals surface area contributed by atoms with Crippen LogP contribution >= 0.6 is 11.8 Å². The molecule has 0 radical (unpaired) electrons. The highest BCUT2D eigenvalue weighted by atomic mass is 32.2. The van der Waals surface area contributed by atoms with Gasteiger partial charge in [-0.25, -0.2) is 14.8 Å². The molecule has 0 saturated heterocycles. The molecule has 0 atom stereocenters. The van der Waals surface area contributed by atoms with Crippen LogP contribution in [0, 0.1) is 6.92 Å². The van der Waals surface area contributed by atoms with Crippen LogP contribution in [0.2, 0.25) is 0 Å². The number of thioether (sulfide) groups is 1. The summed E-state index contributed by atoms with van der Waals surface area (Å²) in [6.45, 7) is 1.83. The Labute approximate surface area is 90.7 Å². The molecule has 1 rings (SSSR count). The summed E-state index contributed by atoms with van der Waals surface area (Å²) in [7, 11) is 0. The van der Waals surface area contributed by atoms with Gasteiger partial charge in [-0.1, -0.05) is 11.8 Å². The molecule has 0 spiro atoms. The molecule has 1 aromatic rings. The van der Waals surface area contributed by atoms with E-state index in [0.29, 0.717) is 5.03 Å². The van der Waals surface area contributed by atoms with Gasteiger partial charge < -0.3 is 5.73 Å². The smallest absolute Gasteiger partial charge is 0.318 e. The van der Waals surface area contributed by atoms with Crippen molar-refractivity contribution in [2.75, 3.05) is 5.75 Å². The quantitative estimate of drug-likeness (QED) is 0.561. The number of primary amides is 1. The topological polar surface area (TPSA) is 98.0 Å². The minimum atomic E-state index is -0.848. The molecule has 0 aliphatic rings. The summed E-state index contributed by atoms with van der Waals surface area (Å²) in [5.41, 5.74) is 5.60. The van der Waals surface area contributed by atoms with Gasteiger partial charge in [0.15, 0.2) is 0 Å². The van der Waals surface area contributed by atoms with Crippen molar-refractivity contribution in [2.45, 2.75) is 11.9 Å². The van der Waals surface area contributed by atoms with E-state index < -0.39 is 11.9 Å². The van der Waals surface area contributed by atoms with Gasteiger partial charge in [0.1, 0.15) is 11.4 Å². The fraction of sp³-hybridized carbons (Fsp3) is 0.250. The average Bonchev–Trinajstić information content (AvgIpc) is 2.14. The number of nitrogens with one attached hydrogen (secondary N) is 1. The molecule has 0 bridgehead atoms. The molecule has 80 valence electrons. The molecule has 0 unspecified atom stereocenters. The predicted octanol–water partition coefficient (Wildman–Crippen LogP) is 0.0720. The summed E-state index contributed by atoms with van der Waals surface area (Å²) < 4.78 is 0. The first-order valence-corrected chi connectivity index (χ1v) is 5.07. The van der Waals surface area contributed by atoms with E-state index in [9.17, 15) is 9.59 Å². The second kappa shape index (κ2) is 5.30. The van der Waals surface area contributed by atoms with Crippen LogP contribution in [-0.4, -0.2) is 27.7 Å². The summed E-state index contributed by atoms with van der Waals surface area (Å²) in [5, 5.41) is 2.65. The number of hydrogen-bond donors (Lipinski definition) is 2. The Balaban J connectivity index is 2.43. The molecule has 0 aliphatic carbocycles. The molecule has 3 N–H and O–H groups in total. The summed E-state index contributed by atoms with van der Waals surface area (Å²) in [4.78, 5) is 29.2. The molecule has 15 heavy (non-hydrogen) atoms. The van der Waals surface area contributed by atoms with Crippen LogP contribution in [0.3, 0.4) is 0 Å². The molecule has 0 fully saturated rings. The maximum atomic E-state index is 11.0. The van der Waals surface area contributed by atoms with Crippen molar-refractivity contribution in [3.63, 3.8) is 0 Å². The van der Waals surface area contributed by atoms with Gasteiger partial charge in [0.25, 0.3) is 0 Å². The monoisotopic (exact) mass is 226 g/mol. The Bertz CT molecular complexity index is 383. The van der Waals surface area contributed by atoms with E-state index in [0.717, 1.165) is 5.69 Å². The summed E-state index contributed by atoms with van der Waals surface area (Å²) in [6, 6.07) is 0.904. The lowest BCUT2D eigenvalue weighted by Crippen LogP contribution is -2.36. The van der Waals surface area contributed by atoms with Crippen LogP contribution in [0.15, 0.2) is 17.4 Å². The normalized spacial score (nSPS) is 9.67. The van der Waals surface area contributed by atoms with Gasteiger partial charge >= 0.3 is 6.03 Å². The van der Waals surface area contributed by atoms with Crippen molar-refractivity contribution < 1.29 is 9.59 Å². The molecule has 6 nitrogen and oxygen atoms in total. The number of imide groups is 1. The van der Waals surface area contributed by atoms with Crippen LogP contribution in [-0.2, 0) is 4.79 Å². The fourth-order valence-electron chi connectivity index (χ4n) is 0.822. The number of hydrogen-bond acceptors (Lipinski definition) is 5. The summed E-state index contributed by atoms with van der Waals surface area (Å²) >= 11 is 1.21. The highest BCUT2D eigenvalue weighted by molar-refractivity contribution is 7.99. The largest absolute Gasteiger partial charge is 0.351 e. The Morgan fingerprint density at radius 2 is 2.27 bits per heavy atom. The Morgan fingerprint density at radius 3 is 2.87 bits per heavy atom. The standard InChI is InChI=1S/C8H10N4O2S/c1-5-2-7(11-4-10-5)15-3-6(13)12-8(9)14/h2,4H,3H2,1H3,(H3,9,12,13,14). The second-order valence-electron chi connectivity index (χ2n) is 2.70. The number of nitrogens with zero attached hydrogens (tertiary/aromatic N) is 2. The Morgan fingerprint density at radius 1 is 1.53 bits per heavy atom. The minimum absolute atomic E-state index is 0.0966. The fourth-order valence-corrected chi connectivity index (χ4v) is 1.55. The number of amides is 3. The highest BCUT2D eigenvalue weighted by Crippen LogP contribution is 2.13. The zero-order valence-corrected chi connectivity index (χ0v) is 8.87. The van der Waals surface area contributed by atoms with E-state index in [1.165, 1.54) is 18.1 Å². The van der Waals surface area contributed by atoms with E-state index in [1.54, 1.807) is 6.07 Å². The van der Waals surface area contributed by atoms with Crippen LogP contribution in [0.4, 0.5) is 4.79 Å². The lowest BCUT2D eigenvalue weighted by Gasteiger charge is -2.00. The van der Waals surface area contributed by atoms with Gasteiger partial charge in [-0.15, -0.1) is 0 Å². The van der Waals surface area contributed by atoms with E-state index in [4.69, 9.17) is 5.73 Å². The number of aryl methyl sites for hydroxylation is 1. The van der Waals surface area contributed by atoms with Gasteiger partial charge in [-0.05, 0) is 13.0 Å². The maximum Gasteiger partial charge on any atom is 0.318 e. The van der Waals surface area contributed by atoms with Gasteiger partial charge in [0.2, 0.25) is 5.91 Å². The van der Waals surface area contributed by atoms with Crippen molar-refractivity contribution >= 4 is 23.7 Å². The SMILES string of the molecule is Cc1cc(SCC(=O)NC(N)=O)ncn1. The molecule has 1 aromatic heterocycles. The third-order valence-electron chi connectivity index (χ3n) is 1.39. The zero-order chi connectivity index (χ0) is 11.3. The van der Waals surface area contributed by atoms with Crippen LogP contribution < -0.4 is 11.1 Å². The highest BCUT2D eigenvalue weighted by Gasteiger charge is 2.05. The molecule has 3 amide bonds. The first-order valence-electron chi connectivity index (χ1n) is 4.08. The van der Waals surface area contributed by atoms with Gasteiger partial charge in [-0.2, -0.15) is 0 Å². The molecule has 0 saturated carbocycles. The van der Waals surface area contributed by atoms with E-state index in [1.807, 2.05) is 12.2 Å². The van der Waals surface area contributed by atoms with Crippen LogP contribution in [0.5, 0.6) is 0 Å². The van der Waals surface area contributed by atoms with Crippen molar-refractivity contribution in [1.82, 2.24) is 15.3 Å². The Kier molecular flexibility index (Phi) is 4.04. The summed E-state index contributed by atoms with van der Waals surface area (Å²) in [6.07, 6.45) is 1.42. The molecule has 0 aliphatic heterocycles. The van der Waals surface area contributed by atoms with Gasteiger partial charge in [0, 0.05) is 5.69 Å². The van der Waals surface area contributed by atoms with Crippen molar-refractivity contribution in [3.05, 3.63) is 18.1 Å². The van der Waals surface area contributed by atoms with Crippen LogP contribution in [0.25, 0.3) is 0 Å². The van der Waals surface area contributed by atoms with Crippen molar-refractivity contribution in [1.29, 1.82) is 0 Å². The van der Waals surface area contributed by atoms with Crippen molar-refractivity contribution in [2.24, 2.45) is 5.73 Å². The van der Waals surface area contributed by atoms with Gasteiger partial charge in [-0.3, -0.25) is 10.1 Å². The lowest BCUT2D eigenvalue weighted by atomic mass is 10.5. The second-order valence-corrected chi connectivity index (χ2v) is 3.69. The molecular weight excluding hydrogens is 216 g/mol. The third kappa shape index (κ3) is 4.41. The molecule has 0 aromatic carbocycles. The first kappa shape index (κ1) is 11.4. The number of aromatic nitrogens is 2.